The molecule has 1 aliphatic rings. The summed E-state index contributed by atoms with van der Waals surface area (Å²) in [6.45, 7) is 3.03. The quantitative estimate of drug-likeness (QED) is 0.862. The van der Waals surface area contributed by atoms with Gasteiger partial charge in [-0.05, 0) is 24.8 Å². The lowest BCUT2D eigenvalue weighted by Gasteiger charge is -2.37. The Kier molecular flexibility index (Phi) is 3.81. The second-order valence-electron chi connectivity index (χ2n) is 4.46. The molecule has 94 valence electrons. The summed E-state index contributed by atoms with van der Waals surface area (Å²) in [7, 11) is 0. The number of aliphatic carboxylic acids is 1. The van der Waals surface area contributed by atoms with E-state index in [1.54, 1.807) is 11.3 Å². The van der Waals surface area contributed by atoms with Crippen molar-refractivity contribution in [1.82, 2.24) is 5.32 Å². The zero-order valence-electron chi connectivity index (χ0n) is 9.81. The van der Waals surface area contributed by atoms with E-state index in [2.05, 4.69) is 5.32 Å². The fourth-order valence-electron chi connectivity index (χ4n) is 2.19. The van der Waals surface area contributed by atoms with Crippen LogP contribution in [0.15, 0.2) is 17.5 Å². The third kappa shape index (κ3) is 2.86. The number of ether oxygens (including phenoxy) is 1. The Morgan fingerprint density at radius 1 is 1.76 bits per heavy atom. The summed E-state index contributed by atoms with van der Waals surface area (Å²) in [5.74, 6) is -0.774. The molecule has 0 radical (unpaired) electrons. The molecule has 2 rings (SSSR count). The maximum atomic E-state index is 11.5. The van der Waals surface area contributed by atoms with E-state index in [0.717, 1.165) is 4.88 Å². The Labute approximate surface area is 105 Å². The van der Waals surface area contributed by atoms with Gasteiger partial charge >= 0.3 is 5.97 Å². The van der Waals surface area contributed by atoms with Crippen LogP contribution >= 0.6 is 11.3 Å². The molecule has 1 aromatic heterocycles. The van der Waals surface area contributed by atoms with Gasteiger partial charge in [-0.3, -0.25) is 10.1 Å². The summed E-state index contributed by atoms with van der Waals surface area (Å²) in [6.07, 6.45) is 1.04. The number of rotatable bonds is 4. The molecule has 2 atom stereocenters. The van der Waals surface area contributed by atoms with Gasteiger partial charge in [0.25, 0.3) is 0 Å². The van der Waals surface area contributed by atoms with E-state index in [1.807, 2.05) is 24.4 Å². The summed E-state index contributed by atoms with van der Waals surface area (Å²) in [5.41, 5.74) is -0.832. The number of hydrogen-bond acceptors (Lipinski definition) is 4. The predicted octanol–water partition coefficient (Wildman–Crippen LogP) is 1.86. The highest BCUT2D eigenvalue weighted by atomic mass is 32.1. The zero-order chi connectivity index (χ0) is 12.3. The van der Waals surface area contributed by atoms with Crippen LogP contribution in [0.3, 0.4) is 0 Å². The van der Waals surface area contributed by atoms with Crippen molar-refractivity contribution in [3.05, 3.63) is 22.4 Å². The Bertz CT molecular complexity index is 379. The summed E-state index contributed by atoms with van der Waals surface area (Å²) in [4.78, 5) is 12.6. The smallest absolute Gasteiger partial charge is 0.324 e. The monoisotopic (exact) mass is 255 g/mol. The maximum Gasteiger partial charge on any atom is 0.324 e. The average Bonchev–Trinajstić information content (AvgIpc) is 2.79. The van der Waals surface area contributed by atoms with Gasteiger partial charge in [-0.2, -0.15) is 0 Å². The van der Waals surface area contributed by atoms with Gasteiger partial charge in [0.2, 0.25) is 0 Å². The van der Waals surface area contributed by atoms with Crippen LogP contribution in [0.5, 0.6) is 0 Å². The van der Waals surface area contributed by atoms with Crippen LogP contribution in [0.2, 0.25) is 0 Å². The molecule has 0 bridgehead atoms. The molecule has 2 N–H and O–H groups in total. The summed E-state index contributed by atoms with van der Waals surface area (Å²) < 4.78 is 5.42. The lowest BCUT2D eigenvalue weighted by atomic mass is 9.87. The highest BCUT2D eigenvalue weighted by molar-refractivity contribution is 7.09. The van der Waals surface area contributed by atoms with Crippen molar-refractivity contribution in [2.24, 2.45) is 0 Å². The SMILES string of the molecule is CC1CC(NCc2cccs2)(C(=O)O)CCO1. The lowest BCUT2D eigenvalue weighted by molar-refractivity contribution is -0.151. The minimum Gasteiger partial charge on any atom is -0.480 e. The molecular formula is C12H17NO3S. The van der Waals surface area contributed by atoms with Gasteiger partial charge in [0, 0.05) is 24.4 Å². The number of nitrogens with one attached hydrogen (secondary N) is 1. The Morgan fingerprint density at radius 3 is 3.18 bits per heavy atom. The van der Waals surface area contributed by atoms with Gasteiger partial charge in [0.1, 0.15) is 5.54 Å². The molecule has 2 heterocycles. The largest absolute Gasteiger partial charge is 0.480 e. The van der Waals surface area contributed by atoms with Gasteiger partial charge < -0.3 is 9.84 Å². The summed E-state index contributed by atoms with van der Waals surface area (Å²) in [5, 5.41) is 14.6. The van der Waals surface area contributed by atoms with Crippen LogP contribution < -0.4 is 5.32 Å². The van der Waals surface area contributed by atoms with Crippen molar-refractivity contribution in [2.45, 2.75) is 38.0 Å². The Hall–Kier alpha value is -0.910. The molecule has 0 aliphatic carbocycles. The second kappa shape index (κ2) is 5.16. The molecule has 0 amide bonds. The molecule has 17 heavy (non-hydrogen) atoms. The van der Waals surface area contributed by atoms with Crippen LogP contribution in [-0.4, -0.2) is 29.3 Å². The number of carbonyl (C=O) groups is 1. The van der Waals surface area contributed by atoms with E-state index in [0.29, 0.717) is 26.0 Å². The van der Waals surface area contributed by atoms with Crippen molar-refractivity contribution >= 4 is 17.3 Å². The summed E-state index contributed by atoms with van der Waals surface area (Å²) in [6, 6.07) is 3.98. The van der Waals surface area contributed by atoms with Crippen LogP contribution in [0.1, 0.15) is 24.6 Å². The fourth-order valence-corrected chi connectivity index (χ4v) is 2.83. The van der Waals surface area contributed by atoms with Crippen molar-refractivity contribution in [3.63, 3.8) is 0 Å². The van der Waals surface area contributed by atoms with E-state index in [-0.39, 0.29) is 6.10 Å². The first-order valence-electron chi connectivity index (χ1n) is 5.75. The highest BCUT2D eigenvalue weighted by Gasteiger charge is 2.42. The van der Waals surface area contributed by atoms with Gasteiger partial charge in [0.15, 0.2) is 0 Å². The summed E-state index contributed by atoms with van der Waals surface area (Å²) >= 11 is 1.64. The second-order valence-corrected chi connectivity index (χ2v) is 5.49. The fraction of sp³-hybridized carbons (Fsp3) is 0.583. The number of thiophene rings is 1. The highest BCUT2D eigenvalue weighted by Crippen LogP contribution is 2.26. The topological polar surface area (TPSA) is 58.6 Å². The normalized spacial score (nSPS) is 29.1. The molecular weight excluding hydrogens is 238 g/mol. The van der Waals surface area contributed by atoms with Gasteiger partial charge in [0.05, 0.1) is 6.10 Å². The molecule has 1 aliphatic heterocycles. The van der Waals surface area contributed by atoms with Gasteiger partial charge in [-0.25, -0.2) is 0 Å². The standard InChI is InChI=1S/C12H17NO3S/c1-9-7-12(11(14)15,4-5-16-9)13-8-10-3-2-6-17-10/h2-3,6,9,13H,4-5,7-8H2,1H3,(H,14,15). The predicted molar refractivity (Wildman–Crippen MR) is 66.2 cm³/mol. The van der Waals surface area contributed by atoms with E-state index < -0.39 is 11.5 Å². The van der Waals surface area contributed by atoms with Gasteiger partial charge in [-0.15, -0.1) is 11.3 Å². The molecule has 1 fully saturated rings. The first-order chi connectivity index (χ1) is 8.12. The van der Waals surface area contributed by atoms with Crippen molar-refractivity contribution in [2.75, 3.05) is 6.61 Å². The maximum absolute atomic E-state index is 11.5. The molecule has 0 spiro atoms. The molecule has 1 aromatic rings. The minimum atomic E-state index is -0.832. The molecule has 5 heteroatoms. The number of carboxylic acid groups (broad SMARTS) is 1. The first-order valence-corrected chi connectivity index (χ1v) is 6.63. The minimum absolute atomic E-state index is 0.00399. The van der Waals surface area contributed by atoms with E-state index in [4.69, 9.17) is 4.74 Å². The third-order valence-electron chi connectivity index (χ3n) is 3.16. The van der Waals surface area contributed by atoms with Crippen molar-refractivity contribution in [1.29, 1.82) is 0 Å². The molecule has 1 saturated heterocycles. The van der Waals surface area contributed by atoms with E-state index >= 15 is 0 Å². The molecule has 0 aromatic carbocycles. The lowest BCUT2D eigenvalue weighted by Crippen LogP contribution is -2.56. The number of carboxylic acids is 1. The van der Waals surface area contributed by atoms with E-state index in [9.17, 15) is 9.90 Å². The van der Waals surface area contributed by atoms with Gasteiger partial charge in [-0.1, -0.05) is 6.07 Å². The van der Waals surface area contributed by atoms with Crippen LogP contribution in [0.4, 0.5) is 0 Å². The average molecular weight is 255 g/mol. The molecule has 2 unspecified atom stereocenters. The van der Waals surface area contributed by atoms with Crippen molar-refractivity contribution < 1.29 is 14.6 Å². The van der Waals surface area contributed by atoms with E-state index in [1.165, 1.54) is 0 Å². The van der Waals surface area contributed by atoms with Crippen LogP contribution in [-0.2, 0) is 16.1 Å². The Balaban J connectivity index is 2.03. The Morgan fingerprint density at radius 2 is 2.59 bits per heavy atom. The molecule has 0 saturated carbocycles. The zero-order valence-corrected chi connectivity index (χ0v) is 10.6. The van der Waals surface area contributed by atoms with Crippen molar-refractivity contribution in [3.8, 4) is 0 Å². The molecule has 4 nitrogen and oxygen atoms in total. The third-order valence-corrected chi connectivity index (χ3v) is 4.03. The number of hydrogen-bond donors (Lipinski definition) is 2. The first kappa shape index (κ1) is 12.5. The van der Waals surface area contributed by atoms with Crippen LogP contribution in [0.25, 0.3) is 0 Å². The van der Waals surface area contributed by atoms with Crippen LogP contribution in [0, 0.1) is 0 Å².